The maximum absolute atomic E-state index is 13.6. The summed E-state index contributed by atoms with van der Waals surface area (Å²) in [5, 5.41) is 13.7. The largest absolute Gasteiger partial charge is 0.354 e. The number of amides is 4. The number of fused-ring (bicyclic) bond motifs is 2. The molecule has 4 amide bonds. The number of nitrogens with one attached hydrogen (secondary N) is 4. The molecule has 0 saturated carbocycles. The lowest BCUT2D eigenvalue weighted by Crippen LogP contribution is -2.49. The Labute approximate surface area is 254 Å². The van der Waals surface area contributed by atoms with E-state index in [2.05, 4.69) is 26.3 Å². The number of thiazole rings is 1. The van der Waals surface area contributed by atoms with Crippen LogP contribution in [0.5, 0.6) is 0 Å². The maximum Gasteiger partial charge on any atom is 0.271 e. The molecule has 3 heterocycles. The number of hydrogen-bond acceptors (Lipinski definition) is 7. The number of carbonyl (C=O) groups is 4. The van der Waals surface area contributed by atoms with Crippen molar-refractivity contribution in [1.82, 2.24) is 30.8 Å². The fourth-order valence-corrected chi connectivity index (χ4v) is 5.91. The third-order valence-corrected chi connectivity index (χ3v) is 8.41. The summed E-state index contributed by atoms with van der Waals surface area (Å²) < 4.78 is 1.60. The van der Waals surface area contributed by atoms with Gasteiger partial charge >= 0.3 is 0 Å². The summed E-state index contributed by atoms with van der Waals surface area (Å²) in [7, 11) is 1.68. The number of nitrogens with zero attached hydrogens (tertiary/aromatic N) is 2. The van der Waals surface area contributed by atoms with Crippen LogP contribution in [0.25, 0.3) is 0 Å². The van der Waals surface area contributed by atoms with Gasteiger partial charge in [-0.25, -0.2) is 4.98 Å². The van der Waals surface area contributed by atoms with E-state index in [1.54, 1.807) is 23.9 Å². The van der Waals surface area contributed by atoms with Gasteiger partial charge in [-0.2, -0.15) is 0 Å². The lowest BCUT2D eigenvalue weighted by molar-refractivity contribution is -0.124. The standard InChI is InChI=1S/C31H38N6O5S/c1-18(2)26-31-35-24(17-43-31)29(41)34-23(15-20-10-6-5-7-11-20)27(39)32-13-9-8-12-22(28(40)36-26)33-30(42)25-16-21(38)14-19(3)37(25)4/h5-7,10-11,14,16-18,22-23,26H,8-9,12-13,15H2,1-4H3,(H,32,39)(H,33,42)(H,34,41)(H,36,40)/t22-,23+,26+/m0/s1. The number of rotatable bonds is 5. The molecule has 1 aliphatic heterocycles. The van der Waals surface area contributed by atoms with Crippen molar-refractivity contribution in [2.24, 2.45) is 13.0 Å². The fourth-order valence-electron chi connectivity index (χ4n) is 4.89. The second-order valence-electron chi connectivity index (χ2n) is 11.1. The molecule has 0 aliphatic carbocycles. The van der Waals surface area contributed by atoms with E-state index < -0.39 is 35.8 Å². The molecule has 0 unspecified atom stereocenters. The number of pyridine rings is 1. The second-order valence-corrected chi connectivity index (χ2v) is 12.0. The highest BCUT2D eigenvalue weighted by Crippen LogP contribution is 2.26. The Balaban J connectivity index is 1.60. The van der Waals surface area contributed by atoms with E-state index in [1.165, 1.54) is 23.5 Å². The lowest BCUT2D eigenvalue weighted by atomic mass is 10.0. The van der Waals surface area contributed by atoms with Crippen molar-refractivity contribution < 1.29 is 19.2 Å². The molecule has 1 aliphatic rings. The number of hydrogen-bond donors (Lipinski definition) is 4. The van der Waals surface area contributed by atoms with E-state index in [0.717, 1.165) is 5.56 Å². The number of aromatic nitrogens is 2. The van der Waals surface area contributed by atoms with Gasteiger partial charge in [0, 0.05) is 43.2 Å². The molecule has 12 heteroatoms. The lowest BCUT2D eigenvalue weighted by Gasteiger charge is -2.25. The smallest absolute Gasteiger partial charge is 0.271 e. The predicted molar refractivity (Wildman–Crippen MR) is 164 cm³/mol. The molecule has 0 saturated heterocycles. The zero-order valence-corrected chi connectivity index (χ0v) is 25.6. The van der Waals surface area contributed by atoms with Gasteiger partial charge in [0.25, 0.3) is 11.8 Å². The summed E-state index contributed by atoms with van der Waals surface area (Å²) in [6.07, 6.45) is 1.69. The van der Waals surface area contributed by atoms with E-state index in [9.17, 15) is 24.0 Å². The normalized spacial score (nSPS) is 20.2. The molecular weight excluding hydrogens is 568 g/mol. The molecule has 4 N–H and O–H groups in total. The van der Waals surface area contributed by atoms with Gasteiger partial charge in [-0.15, -0.1) is 11.3 Å². The van der Waals surface area contributed by atoms with Gasteiger partial charge in [-0.05, 0) is 37.7 Å². The molecule has 0 fully saturated rings. The van der Waals surface area contributed by atoms with Gasteiger partial charge in [0.2, 0.25) is 11.8 Å². The average molecular weight is 607 g/mol. The van der Waals surface area contributed by atoms with Crippen LogP contribution in [0.3, 0.4) is 0 Å². The van der Waals surface area contributed by atoms with Gasteiger partial charge in [0.15, 0.2) is 5.43 Å². The predicted octanol–water partition coefficient (Wildman–Crippen LogP) is 2.40. The van der Waals surface area contributed by atoms with Gasteiger partial charge in [0.05, 0.1) is 6.04 Å². The van der Waals surface area contributed by atoms with Crippen molar-refractivity contribution in [3.05, 3.63) is 85.7 Å². The molecule has 0 spiro atoms. The van der Waals surface area contributed by atoms with Crippen LogP contribution < -0.4 is 26.7 Å². The summed E-state index contributed by atoms with van der Waals surface area (Å²) in [4.78, 5) is 69.8. The summed E-state index contributed by atoms with van der Waals surface area (Å²) in [6.45, 7) is 5.91. The van der Waals surface area contributed by atoms with Crippen LogP contribution in [0, 0.1) is 12.8 Å². The second kappa shape index (κ2) is 14.2. The van der Waals surface area contributed by atoms with Gasteiger partial charge in [-0.3, -0.25) is 24.0 Å². The molecule has 3 atom stereocenters. The Hall–Kier alpha value is -4.32. The van der Waals surface area contributed by atoms with E-state index >= 15 is 0 Å². The van der Waals surface area contributed by atoms with Crippen molar-refractivity contribution in [3.63, 3.8) is 0 Å². The topological polar surface area (TPSA) is 151 Å². The first-order valence-electron chi connectivity index (χ1n) is 14.4. The minimum Gasteiger partial charge on any atom is -0.354 e. The third-order valence-electron chi connectivity index (χ3n) is 7.48. The van der Waals surface area contributed by atoms with E-state index in [4.69, 9.17) is 0 Å². The maximum atomic E-state index is 13.6. The Morgan fingerprint density at radius 2 is 1.81 bits per heavy atom. The first-order chi connectivity index (χ1) is 20.5. The first kappa shape index (κ1) is 31.6. The Morgan fingerprint density at radius 3 is 2.53 bits per heavy atom. The zero-order valence-electron chi connectivity index (χ0n) is 24.8. The highest BCUT2D eigenvalue weighted by molar-refractivity contribution is 7.09. The van der Waals surface area contributed by atoms with Gasteiger partial charge in [-0.1, -0.05) is 44.2 Å². The summed E-state index contributed by atoms with van der Waals surface area (Å²) in [6, 6.07) is 9.91. The minimum absolute atomic E-state index is 0.0737. The van der Waals surface area contributed by atoms with E-state index in [0.29, 0.717) is 42.9 Å². The minimum atomic E-state index is -0.901. The summed E-state index contributed by atoms with van der Waals surface area (Å²) in [5.41, 5.74) is 1.53. The van der Waals surface area contributed by atoms with Crippen molar-refractivity contribution in [3.8, 4) is 0 Å². The highest BCUT2D eigenvalue weighted by atomic mass is 32.1. The summed E-state index contributed by atoms with van der Waals surface area (Å²) in [5.74, 6) is -1.80. The van der Waals surface area contributed by atoms with Crippen LogP contribution in [0.4, 0.5) is 0 Å². The summed E-state index contributed by atoms with van der Waals surface area (Å²) >= 11 is 1.24. The molecule has 2 bridgehead atoms. The quantitative estimate of drug-likeness (QED) is 0.350. The zero-order chi connectivity index (χ0) is 31.1. The van der Waals surface area contributed by atoms with Crippen LogP contribution in [-0.2, 0) is 23.1 Å². The van der Waals surface area contributed by atoms with Gasteiger partial charge < -0.3 is 25.8 Å². The van der Waals surface area contributed by atoms with E-state index in [1.807, 2.05) is 44.2 Å². The molecule has 0 radical (unpaired) electrons. The van der Waals surface area contributed by atoms with Crippen molar-refractivity contribution >= 4 is 35.0 Å². The van der Waals surface area contributed by atoms with E-state index in [-0.39, 0.29) is 28.6 Å². The molecule has 2 aromatic heterocycles. The highest BCUT2D eigenvalue weighted by Gasteiger charge is 2.30. The average Bonchev–Trinajstić information content (AvgIpc) is 3.46. The molecule has 4 rings (SSSR count). The van der Waals surface area contributed by atoms with Crippen LogP contribution in [0.2, 0.25) is 0 Å². The molecule has 11 nitrogen and oxygen atoms in total. The molecule has 1 aromatic carbocycles. The Kier molecular flexibility index (Phi) is 10.5. The Bertz CT molecular complexity index is 1530. The Morgan fingerprint density at radius 1 is 1.07 bits per heavy atom. The number of aryl methyl sites for hydroxylation is 1. The number of benzene rings is 1. The molecule has 3 aromatic rings. The van der Waals surface area contributed by atoms with Crippen LogP contribution in [-0.4, -0.2) is 51.8 Å². The van der Waals surface area contributed by atoms with Crippen molar-refractivity contribution in [1.29, 1.82) is 0 Å². The molecule has 43 heavy (non-hydrogen) atoms. The van der Waals surface area contributed by atoms with Gasteiger partial charge in [0.1, 0.15) is 28.5 Å². The molecule has 228 valence electrons. The fraction of sp³-hybridized carbons (Fsp3) is 0.419. The van der Waals surface area contributed by atoms with Crippen LogP contribution in [0.15, 0.2) is 52.6 Å². The van der Waals surface area contributed by atoms with Crippen molar-refractivity contribution in [2.75, 3.05) is 6.54 Å². The number of carbonyl (C=O) groups excluding carboxylic acids is 4. The monoisotopic (exact) mass is 606 g/mol. The van der Waals surface area contributed by atoms with Crippen LogP contribution in [0.1, 0.15) is 76.4 Å². The van der Waals surface area contributed by atoms with Crippen LogP contribution >= 0.6 is 11.3 Å². The third kappa shape index (κ3) is 8.16. The SMILES string of the molecule is Cc1cc(=O)cc(C(=O)N[C@H]2CCCCNC(=O)[C@@H](Cc3ccccc3)NC(=O)c3csc(n3)[C@@H](C(C)C)NC2=O)n1C. The van der Waals surface area contributed by atoms with Crippen molar-refractivity contribution in [2.45, 2.75) is 64.6 Å². The first-order valence-corrected chi connectivity index (χ1v) is 15.3. The molecular formula is C31H38N6O5S.